The summed E-state index contributed by atoms with van der Waals surface area (Å²) in [5.41, 5.74) is 21.2. The summed E-state index contributed by atoms with van der Waals surface area (Å²) in [6, 6.07) is 6.85. The summed E-state index contributed by atoms with van der Waals surface area (Å²) < 4.78 is 39.5. The highest BCUT2D eigenvalue weighted by atomic mass is 19.4. The second-order valence-corrected chi connectivity index (χ2v) is 4.33. The van der Waals surface area contributed by atoms with Crippen molar-refractivity contribution in [2.45, 2.75) is 6.18 Å². The summed E-state index contributed by atoms with van der Waals surface area (Å²) in [6.07, 6.45) is -4.62. The molecule has 2 aromatic rings. The SMILES string of the molecule is Nc1ccc(-c2ccc(N)c(N)c2C(F)(F)F)cc1N. The average Bonchev–Trinajstić information content (AvgIpc) is 2.34. The van der Waals surface area contributed by atoms with Gasteiger partial charge >= 0.3 is 6.18 Å². The van der Waals surface area contributed by atoms with E-state index < -0.39 is 17.4 Å². The molecule has 0 saturated carbocycles. The number of nitrogens with two attached hydrogens (primary N) is 4. The first-order valence-electron chi connectivity index (χ1n) is 5.62. The van der Waals surface area contributed by atoms with Crippen molar-refractivity contribution in [2.75, 3.05) is 22.9 Å². The summed E-state index contributed by atoms with van der Waals surface area (Å²) in [6.45, 7) is 0. The van der Waals surface area contributed by atoms with Crippen LogP contribution in [0, 0.1) is 0 Å². The standard InChI is InChI=1S/C13H13F3N4/c14-13(15,16)11-7(2-4-9(18)12(11)20)6-1-3-8(17)10(19)5-6/h1-5H,17-20H2. The van der Waals surface area contributed by atoms with Crippen molar-refractivity contribution in [1.82, 2.24) is 0 Å². The zero-order valence-corrected chi connectivity index (χ0v) is 10.3. The van der Waals surface area contributed by atoms with E-state index in [1.165, 1.54) is 30.3 Å². The van der Waals surface area contributed by atoms with E-state index in [9.17, 15) is 13.2 Å². The van der Waals surface area contributed by atoms with Gasteiger partial charge in [-0.1, -0.05) is 12.1 Å². The molecule has 0 saturated heterocycles. The van der Waals surface area contributed by atoms with E-state index >= 15 is 0 Å². The van der Waals surface area contributed by atoms with Crippen molar-refractivity contribution >= 4 is 22.7 Å². The molecular weight excluding hydrogens is 269 g/mol. The molecule has 2 rings (SSSR count). The zero-order chi connectivity index (χ0) is 15.1. The van der Waals surface area contributed by atoms with Crippen LogP contribution in [0.15, 0.2) is 30.3 Å². The number of halogens is 3. The third-order valence-electron chi connectivity index (χ3n) is 2.96. The number of hydrogen-bond acceptors (Lipinski definition) is 4. The summed E-state index contributed by atoms with van der Waals surface area (Å²) in [4.78, 5) is 0. The molecule has 0 amide bonds. The molecule has 0 unspecified atom stereocenters. The fraction of sp³-hybridized carbons (Fsp3) is 0.0769. The minimum absolute atomic E-state index is 0.0871. The molecule has 0 aliphatic rings. The van der Waals surface area contributed by atoms with Gasteiger partial charge in [0.1, 0.15) is 0 Å². The third-order valence-corrected chi connectivity index (χ3v) is 2.96. The minimum atomic E-state index is -4.62. The second kappa shape index (κ2) is 4.52. The lowest BCUT2D eigenvalue weighted by molar-refractivity contribution is -0.136. The van der Waals surface area contributed by atoms with Crippen LogP contribution in [0.2, 0.25) is 0 Å². The van der Waals surface area contributed by atoms with Crippen LogP contribution < -0.4 is 22.9 Å². The van der Waals surface area contributed by atoms with Gasteiger partial charge in [-0.3, -0.25) is 0 Å². The lowest BCUT2D eigenvalue weighted by atomic mass is 9.96. The third kappa shape index (κ3) is 2.29. The Kier molecular flexibility index (Phi) is 3.13. The molecule has 20 heavy (non-hydrogen) atoms. The van der Waals surface area contributed by atoms with Gasteiger partial charge in [0.2, 0.25) is 0 Å². The van der Waals surface area contributed by atoms with Gasteiger partial charge in [0.05, 0.1) is 28.3 Å². The largest absolute Gasteiger partial charge is 0.419 e. The van der Waals surface area contributed by atoms with Crippen LogP contribution in [0.5, 0.6) is 0 Å². The van der Waals surface area contributed by atoms with Crippen LogP contribution in [0.1, 0.15) is 5.56 Å². The van der Waals surface area contributed by atoms with Crippen LogP contribution in [0.4, 0.5) is 35.9 Å². The smallest absolute Gasteiger partial charge is 0.397 e. The van der Waals surface area contributed by atoms with Crippen molar-refractivity contribution in [1.29, 1.82) is 0 Å². The van der Waals surface area contributed by atoms with E-state index in [4.69, 9.17) is 22.9 Å². The summed E-state index contributed by atoms with van der Waals surface area (Å²) in [5.74, 6) is 0. The molecule has 7 heteroatoms. The van der Waals surface area contributed by atoms with E-state index in [1.807, 2.05) is 0 Å². The number of rotatable bonds is 1. The minimum Gasteiger partial charge on any atom is -0.397 e. The fourth-order valence-electron chi connectivity index (χ4n) is 1.92. The highest BCUT2D eigenvalue weighted by molar-refractivity contribution is 5.83. The predicted molar refractivity (Wildman–Crippen MR) is 74.5 cm³/mol. The lowest BCUT2D eigenvalue weighted by Gasteiger charge is -2.17. The molecule has 0 spiro atoms. The second-order valence-electron chi connectivity index (χ2n) is 4.33. The normalized spacial score (nSPS) is 11.6. The Labute approximate surface area is 113 Å². The van der Waals surface area contributed by atoms with Gasteiger partial charge in [0.15, 0.2) is 0 Å². The van der Waals surface area contributed by atoms with Crippen molar-refractivity contribution in [3.8, 4) is 11.1 Å². The topological polar surface area (TPSA) is 104 Å². The Hall–Kier alpha value is -2.57. The van der Waals surface area contributed by atoms with Gasteiger partial charge in [-0.25, -0.2) is 0 Å². The average molecular weight is 282 g/mol. The van der Waals surface area contributed by atoms with Gasteiger partial charge < -0.3 is 22.9 Å². The fourth-order valence-corrected chi connectivity index (χ4v) is 1.92. The maximum Gasteiger partial charge on any atom is 0.419 e. The van der Waals surface area contributed by atoms with Crippen LogP contribution in [-0.2, 0) is 6.18 Å². The quantitative estimate of drug-likeness (QED) is 0.603. The van der Waals surface area contributed by atoms with Crippen LogP contribution >= 0.6 is 0 Å². The Morgan fingerprint density at radius 3 is 1.90 bits per heavy atom. The van der Waals surface area contributed by atoms with Crippen molar-refractivity contribution in [2.24, 2.45) is 0 Å². The van der Waals surface area contributed by atoms with Gasteiger partial charge in [-0.05, 0) is 29.3 Å². The number of anilines is 4. The summed E-state index contributed by atoms with van der Waals surface area (Å²) in [7, 11) is 0. The Morgan fingerprint density at radius 1 is 0.750 bits per heavy atom. The molecule has 106 valence electrons. The number of hydrogen-bond donors (Lipinski definition) is 4. The molecule has 0 radical (unpaired) electrons. The van der Waals surface area contributed by atoms with Crippen molar-refractivity contribution in [3.63, 3.8) is 0 Å². The van der Waals surface area contributed by atoms with Crippen LogP contribution in [0.25, 0.3) is 11.1 Å². The Balaban J connectivity index is 2.74. The van der Waals surface area contributed by atoms with Crippen LogP contribution in [-0.4, -0.2) is 0 Å². The number of benzene rings is 2. The summed E-state index contributed by atoms with van der Waals surface area (Å²) in [5, 5.41) is 0. The molecule has 0 fully saturated rings. The predicted octanol–water partition coefficient (Wildman–Crippen LogP) is 2.70. The lowest BCUT2D eigenvalue weighted by Crippen LogP contribution is -2.13. The van der Waals surface area contributed by atoms with Gasteiger partial charge in [0.25, 0.3) is 0 Å². The van der Waals surface area contributed by atoms with E-state index in [-0.39, 0.29) is 22.5 Å². The number of nitrogen functional groups attached to an aromatic ring is 4. The molecule has 0 aliphatic carbocycles. The molecule has 0 heterocycles. The monoisotopic (exact) mass is 282 g/mol. The molecule has 4 nitrogen and oxygen atoms in total. The summed E-state index contributed by atoms with van der Waals surface area (Å²) >= 11 is 0. The van der Waals surface area contributed by atoms with Gasteiger partial charge in [-0.15, -0.1) is 0 Å². The van der Waals surface area contributed by atoms with Gasteiger partial charge in [-0.2, -0.15) is 13.2 Å². The van der Waals surface area contributed by atoms with Gasteiger partial charge in [0, 0.05) is 0 Å². The molecule has 0 aliphatic heterocycles. The first-order chi connectivity index (χ1) is 9.21. The molecule has 2 aromatic carbocycles. The van der Waals surface area contributed by atoms with Crippen LogP contribution in [0.3, 0.4) is 0 Å². The molecule has 0 bridgehead atoms. The van der Waals surface area contributed by atoms with Crippen molar-refractivity contribution < 1.29 is 13.2 Å². The van der Waals surface area contributed by atoms with E-state index in [0.717, 1.165) is 0 Å². The zero-order valence-electron chi connectivity index (χ0n) is 10.3. The first kappa shape index (κ1) is 13.9. The Morgan fingerprint density at radius 2 is 1.35 bits per heavy atom. The molecular formula is C13H13F3N4. The number of alkyl halides is 3. The van der Waals surface area contributed by atoms with E-state index in [1.54, 1.807) is 0 Å². The molecule has 0 aromatic heterocycles. The molecule has 0 atom stereocenters. The highest BCUT2D eigenvalue weighted by Gasteiger charge is 2.36. The van der Waals surface area contributed by atoms with E-state index in [2.05, 4.69) is 0 Å². The highest BCUT2D eigenvalue weighted by Crippen LogP contribution is 2.43. The maximum atomic E-state index is 13.2. The van der Waals surface area contributed by atoms with E-state index in [0.29, 0.717) is 5.69 Å². The first-order valence-corrected chi connectivity index (χ1v) is 5.62. The molecule has 8 N–H and O–H groups in total. The maximum absolute atomic E-state index is 13.2. The van der Waals surface area contributed by atoms with Crippen molar-refractivity contribution in [3.05, 3.63) is 35.9 Å². The Bertz CT molecular complexity index is 665.